The number of carbonyl (C=O) groups excluding carboxylic acids is 1. The summed E-state index contributed by atoms with van der Waals surface area (Å²) in [5.74, 6) is -1.89. The highest BCUT2D eigenvalue weighted by atomic mass is 16.6. The number of hydrogen-bond acceptors (Lipinski definition) is 11. The third-order valence-electron chi connectivity index (χ3n) is 3.87. The van der Waals surface area contributed by atoms with Crippen molar-refractivity contribution in [2.45, 2.75) is 54.4 Å². The number of primary amides is 1. The smallest absolute Gasteiger partial charge is 0.255 e. The van der Waals surface area contributed by atoms with Gasteiger partial charge < -0.3 is 56.4 Å². The molecule has 142 valence electrons. The van der Waals surface area contributed by atoms with Gasteiger partial charge in [0.1, 0.15) is 48.8 Å². The van der Waals surface area contributed by atoms with Crippen molar-refractivity contribution in [3.05, 3.63) is 0 Å². The van der Waals surface area contributed by atoms with E-state index in [1.54, 1.807) is 0 Å². The van der Waals surface area contributed by atoms with Crippen LogP contribution in [0.4, 0.5) is 0 Å². The van der Waals surface area contributed by atoms with Gasteiger partial charge in [-0.05, 0) is 0 Å². The first kappa shape index (κ1) is 19.4. The van der Waals surface area contributed by atoms with Gasteiger partial charge in [0, 0.05) is 0 Å². The first-order valence-electron chi connectivity index (χ1n) is 7.40. The molecule has 11 N–H and O–H groups in total. The minimum atomic E-state index is -3.63. The molecule has 1 amide bonds. The van der Waals surface area contributed by atoms with Crippen LogP contribution in [0.15, 0.2) is 0 Å². The fourth-order valence-corrected chi connectivity index (χ4v) is 2.30. The number of rotatable bonds is 7. The van der Waals surface area contributed by atoms with Crippen molar-refractivity contribution in [3.63, 3.8) is 0 Å². The maximum atomic E-state index is 11.8. The Morgan fingerprint density at radius 1 is 1.17 bits per heavy atom. The molecule has 0 aliphatic carbocycles. The Hall–Kier alpha value is -0.930. The summed E-state index contributed by atoms with van der Waals surface area (Å²) in [6.45, 7) is -2.12. The highest BCUT2D eigenvalue weighted by Crippen LogP contribution is 2.32. The van der Waals surface area contributed by atoms with Crippen molar-refractivity contribution in [1.82, 2.24) is 0 Å². The monoisotopic (exact) mass is 358 g/mol. The molecule has 12 nitrogen and oxygen atoms in total. The van der Waals surface area contributed by atoms with E-state index in [1.165, 1.54) is 0 Å². The predicted molar refractivity (Wildman–Crippen MR) is 73.0 cm³/mol. The van der Waals surface area contributed by atoms with Gasteiger partial charge in [0.2, 0.25) is 5.60 Å². The van der Waals surface area contributed by atoms with Crippen molar-refractivity contribution in [3.8, 4) is 0 Å². The third kappa shape index (κ3) is 3.52. The molecule has 1 aliphatic rings. The van der Waals surface area contributed by atoms with E-state index in [2.05, 4.69) is 0 Å². The minimum Gasteiger partial charge on any atom is -0.394 e. The normalized spacial score (nSPS) is 41.0. The van der Waals surface area contributed by atoms with Crippen molar-refractivity contribution >= 4 is 5.91 Å². The summed E-state index contributed by atoms with van der Waals surface area (Å²) >= 11 is 0. The molecule has 24 heavy (non-hydrogen) atoms. The van der Waals surface area contributed by atoms with Crippen molar-refractivity contribution in [1.29, 1.82) is 0 Å². The van der Waals surface area contributed by atoms with E-state index >= 15 is 0 Å². The predicted octanol–water partition coefficient (Wildman–Crippen LogP) is -6.88. The van der Waals surface area contributed by atoms with Crippen molar-refractivity contribution in [2.24, 2.45) is 5.73 Å². The zero-order chi connectivity index (χ0) is 19.7. The summed E-state index contributed by atoms with van der Waals surface area (Å²) in [5.41, 5.74) is 1.35. The number of ether oxygens (including phenoxy) is 1. The molecular weight excluding hydrogens is 334 g/mol. The molecule has 0 bridgehead atoms. The van der Waals surface area contributed by atoms with Gasteiger partial charge in [-0.3, -0.25) is 4.79 Å². The highest BCUT2D eigenvalue weighted by Gasteiger charge is 2.60. The Bertz CT molecular complexity index is 482. The lowest BCUT2D eigenvalue weighted by Crippen LogP contribution is -2.73. The van der Waals surface area contributed by atoms with Crippen LogP contribution in [0, 0.1) is 0 Å². The number of aliphatic hydroxyl groups excluding tert-OH is 8. The standard InChI is InChI=1S/C12H23NO11/c13-11(22)12(23,9(21)5(17)3(16)1-14)10-8(20)7(19)6(18)4(2-15)24-10/h3-10,14-21,23H,1-2H2,(H2,13,22)/t3-,4-,5-,6-,7+,8-,9+,10+,12+/m1/s1/i10D. The number of amides is 1. The number of hydrogen-bond donors (Lipinski definition) is 10. The van der Waals surface area contributed by atoms with E-state index in [1.807, 2.05) is 0 Å². The lowest BCUT2D eigenvalue weighted by Gasteiger charge is -2.47. The molecule has 1 saturated heterocycles. The second-order valence-corrected chi connectivity index (χ2v) is 5.45. The van der Waals surface area contributed by atoms with Gasteiger partial charge >= 0.3 is 0 Å². The van der Waals surface area contributed by atoms with Crippen LogP contribution in [-0.2, 0) is 9.53 Å². The SMILES string of the molecule is [2H][C@]1([C@](O)(C(N)=O)[C@@H](O)[C@H](O)[C@H](O)CO)O[C@H](CO)[C@@H](O)[C@H](O)[C@H]1O. The Balaban J connectivity index is 3.42. The molecule has 1 rings (SSSR count). The first-order chi connectivity index (χ1) is 11.4. The summed E-state index contributed by atoms with van der Waals surface area (Å²) in [6.07, 6.45) is -19.0. The van der Waals surface area contributed by atoms with E-state index in [9.17, 15) is 40.5 Å². The molecule has 0 saturated carbocycles. The highest BCUT2D eigenvalue weighted by molar-refractivity contribution is 5.85. The van der Waals surface area contributed by atoms with E-state index in [0.717, 1.165) is 0 Å². The Kier molecular flexibility index (Phi) is 6.44. The lowest BCUT2D eigenvalue weighted by atomic mass is 9.78. The molecule has 0 aromatic rings. The van der Waals surface area contributed by atoms with Crippen LogP contribution in [-0.4, -0.2) is 119 Å². The van der Waals surface area contributed by atoms with Gasteiger partial charge in [-0.15, -0.1) is 0 Å². The van der Waals surface area contributed by atoms with Crippen LogP contribution in [0.2, 0.25) is 0 Å². The van der Waals surface area contributed by atoms with Crippen LogP contribution in [0.5, 0.6) is 0 Å². The first-order valence-corrected chi connectivity index (χ1v) is 6.90. The fraction of sp³-hybridized carbons (Fsp3) is 0.917. The number of carbonyl (C=O) groups is 1. The Labute approximate surface area is 137 Å². The minimum absolute atomic E-state index is 1.02. The van der Waals surface area contributed by atoms with Crippen LogP contribution in [0.3, 0.4) is 0 Å². The molecule has 0 radical (unpaired) electrons. The van der Waals surface area contributed by atoms with Crippen LogP contribution in [0.25, 0.3) is 0 Å². The number of nitrogens with two attached hydrogens (primary N) is 1. The molecule has 1 fully saturated rings. The second-order valence-electron chi connectivity index (χ2n) is 5.45. The molecule has 12 heteroatoms. The summed E-state index contributed by atoms with van der Waals surface area (Å²) in [6, 6.07) is 0. The van der Waals surface area contributed by atoms with E-state index in [4.69, 9.17) is 22.1 Å². The topological polar surface area (TPSA) is 234 Å². The van der Waals surface area contributed by atoms with Crippen molar-refractivity contribution in [2.75, 3.05) is 13.2 Å². The van der Waals surface area contributed by atoms with Gasteiger partial charge in [-0.25, -0.2) is 0 Å². The van der Waals surface area contributed by atoms with Crippen LogP contribution in [0.1, 0.15) is 1.37 Å². The Morgan fingerprint density at radius 2 is 1.71 bits per heavy atom. The molecule has 0 unspecified atom stereocenters. The molecule has 1 aliphatic heterocycles. The van der Waals surface area contributed by atoms with Gasteiger partial charge in [0.25, 0.3) is 5.91 Å². The quantitative estimate of drug-likeness (QED) is 0.205. The maximum absolute atomic E-state index is 11.8. The molecule has 9 atom stereocenters. The average Bonchev–Trinajstić information content (AvgIpc) is 2.59. The molecular formula is C12H23NO11. The van der Waals surface area contributed by atoms with E-state index in [0.29, 0.717) is 0 Å². The molecule has 0 aromatic heterocycles. The van der Waals surface area contributed by atoms with Gasteiger partial charge in [0.05, 0.1) is 14.6 Å². The Morgan fingerprint density at radius 3 is 2.12 bits per heavy atom. The summed E-state index contributed by atoms with van der Waals surface area (Å²) in [4.78, 5) is 11.8. The summed E-state index contributed by atoms with van der Waals surface area (Å²) in [7, 11) is 0. The van der Waals surface area contributed by atoms with Crippen molar-refractivity contribution < 1.29 is 56.9 Å². The summed E-state index contributed by atoms with van der Waals surface area (Å²) in [5, 5.41) is 87.1. The van der Waals surface area contributed by atoms with Gasteiger partial charge in [-0.1, -0.05) is 0 Å². The third-order valence-corrected chi connectivity index (χ3v) is 3.87. The zero-order valence-corrected chi connectivity index (χ0v) is 12.4. The van der Waals surface area contributed by atoms with E-state index in [-0.39, 0.29) is 0 Å². The average molecular weight is 358 g/mol. The fourth-order valence-electron chi connectivity index (χ4n) is 2.30. The van der Waals surface area contributed by atoms with E-state index < -0.39 is 73.5 Å². The van der Waals surface area contributed by atoms with Gasteiger partial charge in [-0.2, -0.15) is 0 Å². The summed E-state index contributed by atoms with van der Waals surface area (Å²) < 4.78 is 12.9. The van der Waals surface area contributed by atoms with Crippen LogP contribution >= 0.6 is 0 Å². The zero-order valence-electron chi connectivity index (χ0n) is 13.4. The van der Waals surface area contributed by atoms with Crippen LogP contribution < -0.4 is 5.73 Å². The molecule has 0 aromatic carbocycles. The number of aliphatic hydroxyl groups is 9. The lowest BCUT2D eigenvalue weighted by molar-refractivity contribution is -0.286. The molecule has 1 heterocycles. The largest absolute Gasteiger partial charge is 0.394 e. The van der Waals surface area contributed by atoms with Gasteiger partial charge in [0.15, 0.2) is 0 Å². The maximum Gasteiger partial charge on any atom is 0.255 e. The molecule has 0 spiro atoms. The second kappa shape index (κ2) is 7.97.